The van der Waals surface area contributed by atoms with E-state index in [2.05, 4.69) is 43.0 Å². The molecule has 0 heteroatoms. The predicted molar refractivity (Wildman–Crippen MR) is 83.2 cm³/mol. The molecule has 0 bridgehead atoms. The number of rotatable bonds is 4. The first kappa shape index (κ1) is 14.2. The standard InChI is InChI=1S/C19H26/c1-3-5-7-17-10-14-19(15-11-17)18-12-8-16(6-4-2)9-13-18/h8-9,12-13,17,19H,3,5,7,10-11,14-15H2,1-2H3. The molecule has 0 aromatic heterocycles. The Labute approximate surface area is 118 Å². The summed E-state index contributed by atoms with van der Waals surface area (Å²) in [6.45, 7) is 4.19. The molecule has 0 nitrogen and oxygen atoms in total. The Morgan fingerprint density at radius 2 is 1.74 bits per heavy atom. The van der Waals surface area contributed by atoms with Crippen molar-refractivity contribution in [3.05, 3.63) is 35.4 Å². The fourth-order valence-electron chi connectivity index (χ4n) is 3.26. The highest BCUT2D eigenvalue weighted by Gasteiger charge is 2.21. The van der Waals surface area contributed by atoms with Crippen LogP contribution in [0.4, 0.5) is 0 Å². The van der Waals surface area contributed by atoms with Crippen LogP contribution < -0.4 is 0 Å². The largest absolute Gasteiger partial charge is 0.101 e. The van der Waals surface area contributed by atoms with Crippen molar-refractivity contribution < 1.29 is 0 Å². The third-order valence-corrected chi connectivity index (χ3v) is 4.46. The molecule has 1 aliphatic carbocycles. The third-order valence-electron chi connectivity index (χ3n) is 4.46. The van der Waals surface area contributed by atoms with Gasteiger partial charge >= 0.3 is 0 Å². The van der Waals surface area contributed by atoms with Crippen molar-refractivity contribution in [2.24, 2.45) is 5.92 Å². The van der Waals surface area contributed by atoms with E-state index in [1.165, 1.54) is 50.5 Å². The molecule has 19 heavy (non-hydrogen) atoms. The first-order valence-electron chi connectivity index (χ1n) is 7.86. The van der Waals surface area contributed by atoms with E-state index in [4.69, 9.17) is 0 Å². The van der Waals surface area contributed by atoms with Crippen LogP contribution >= 0.6 is 0 Å². The van der Waals surface area contributed by atoms with Gasteiger partial charge in [-0.2, -0.15) is 0 Å². The molecule has 0 amide bonds. The topological polar surface area (TPSA) is 0 Å². The zero-order valence-electron chi connectivity index (χ0n) is 12.4. The van der Waals surface area contributed by atoms with Crippen LogP contribution in [-0.4, -0.2) is 0 Å². The first-order chi connectivity index (χ1) is 9.33. The molecule has 0 spiro atoms. The molecule has 0 radical (unpaired) electrons. The molecule has 1 fully saturated rings. The number of hydrogen-bond donors (Lipinski definition) is 0. The summed E-state index contributed by atoms with van der Waals surface area (Å²) in [6, 6.07) is 8.93. The average molecular weight is 254 g/mol. The molecule has 0 heterocycles. The Kier molecular flexibility index (Phi) is 5.52. The second kappa shape index (κ2) is 7.39. The molecule has 1 saturated carbocycles. The maximum Gasteiger partial charge on any atom is 0.0245 e. The maximum atomic E-state index is 3.12. The monoisotopic (exact) mass is 254 g/mol. The molecule has 0 atom stereocenters. The third kappa shape index (κ3) is 4.13. The summed E-state index contributed by atoms with van der Waals surface area (Å²) < 4.78 is 0. The van der Waals surface area contributed by atoms with E-state index >= 15 is 0 Å². The van der Waals surface area contributed by atoms with Gasteiger partial charge in [0.05, 0.1) is 0 Å². The summed E-state index contributed by atoms with van der Waals surface area (Å²) in [7, 11) is 0. The molecular formula is C19H26. The zero-order valence-corrected chi connectivity index (χ0v) is 12.4. The van der Waals surface area contributed by atoms with Crippen molar-refractivity contribution in [1.82, 2.24) is 0 Å². The molecule has 0 saturated heterocycles. The average Bonchev–Trinajstić information content (AvgIpc) is 2.47. The highest BCUT2D eigenvalue weighted by atomic mass is 14.3. The highest BCUT2D eigenvalue weighted by Crippen LogP contribution is 2.37. The van der Waals surface area contributed by atoms with Crippen LogP contribution in [0.25, 0.3) is 0 Å². The molecule has 0 aliphatic heterocycles. The van der Waals surface area contributed by atoms with E-state index in [-0.39, 0.29) is 0 Å². The molecule has 1 aromatic carbocycles. The van der Waals surface area contributed by atoms with Crippen LogP contribution in [0.1, 0.15) is 75.8 Å². The summed E-state index contributed by atoms with van der Waals surface area (Å²) in [6.07, 6.45) is 9.84. The summed E-state index contributed by atoms with van der Waals surface area (Å²) >= 11 is 0. The quantitative estimate of drug-likeness (QED) is 0.620. The van der Waals surface area contributed by atoms with Crippen LogP contribution in [0, 0.1) is 17.8 Å². The Hall–Kier alpha value is -1.22. The van der Waals surface area contributed by atoms with Gasteiger partial charge in [-0.05, 0) is 62.1 Å². The minimum atomic E-state index is 0.793. The van der Waals surface area contributed by atoms with Gasteiger partial charge in [0.15, 0.2) is 0 Å². The molecule has 102 valence electrons. The number of hydrogen-bond acceptors (Lipinski definition) is 0. The minimum absolute atomic E-state index is 0.793. The van der Waals surface area contributed by atoms with Crippen LogP contribution in [0.15, 0.2) is 24.3 Å². The Bertz CT molecular complexity index is 421. The van der Waals surface area contributed by atoms with E-state index in [1.807, 2.05) is 6.92 Å². The van der Waals surface area contributed by atoms with E-state index in [1.54, 1.807) is 0 Å². The fraction of sp³-hybridized carbons (Fsp3) is 0.579. The van der Waals surface area contributed by atoms with Gasteiger partial charge in [-0.3, -0.25) is 0 Å². The molecule has 0 N–H and O–H groups in total. The fourth-order valence-corrected chi connectivity index (χ4v) is 3.26. The Morgan fingerprint density at radius 3 is 2.32 bits per heavy atom. The van der Waals surface area contributed by atoms with Gasteiger partial charge in [0.1, 0.15) is 0 Å². The van der Waals surface area contributed by atoms with Crippen molar-refractivity contribution in [2.45, 2.75) is 64.7 Å². The van der Waals surface area contributed by atoms with E-state index in [0.717, 1.165) is 17.4 Å². The molecular weight excluding hydrogens is 228 g/mol. The smallest absolute Gasteiger partial charge is 0.0245 e. The molecule has 1 aromatic rings. The lowest BCUT2D eigenvalue weighted by Gasteiger charge is -2.28. The zero-order chi connectivity index (χ0) is 13.5. The lowest BCUT2D eigenvalue weighted by molar-refractivity contribution is 0.304. The van der Waals surface area contributed by atoms with Crippen LogP contribution in [0.5, 0.6) is 0 Å². The van der Waals surface area contributed by atoms with Gasteiger partial charge in [-0.25, -0.2) is 0 Å². The minimum Gasteiger partial charge on any atom is -0.101 e. The van der Waals surface area contributed by atoms with Crippen molar-refractivity contribution in [3.8, 4) is 11.8 Å². The van der Waals surface area contributed by atoms with Crippen LogP contribution in [0.3, 0.4) is 0 Å². The molecule has 1 aliphatic rings. The molecule has 0 unspecified atom stereocenters. The number of unbranched alkanes of at least 4 members (excludes halogenated alkanes) is 1. The van der Waals surface area contributed by atoms with E-state index < -0.39 is 0 Å². The second-order valence-electron chi connectivity index (χ2n) is 5.86. The summed E-state index contributed by atoms with van der Waals surface area (Å²) in [5.74, 6) is 7.87. The summed E-state index contributed by atoms with van der Waals surface area (Å²) in [5.41, 5.74) is 2.67. The van der Waals surface area contributed by atoms with E-state index in [9.17, 15) is 0 Å². The van der Waals surface area contributed by atoms with Gasteiger partial charge in [0.25, 0.3) is 0 Å². The Balaban J connectivity index is 1.88. The lowest BCUT2D eigenvalue weighted by Crippen LogP contribution is -2.13. The van der Waals surface area contributed by atoms with Gasteiger partial charge in [0, 0.05) is 5.56 Å². The summed E-state index contributed by atoms with van der Waals surface area (Å²) in [4.78, 5) is 0. The van der Waals surface area contributed by atoms with Crippen molar-refractivity contribution in [1.29, 1.82) is 0 Å². The van der Waals surface area contributed by atoms with Gasteiger partial charge < -0.3 is 0 Å². The van der Waals surface area contributed by atoms with Crippen LogP contribution in [0.2, 0.25) is 0 Å². The second-order valence-corrected chi connectivity index (χ2v) is 5.86. The SMILES string of the molecule is CC#Cc1ccc(C2CCC(CCCC)CC2)cc1. The van der Waals surface area contributed by atoms with Crippen molar-refractivity contribution in [2.75, 3.05) is 0 Å². The normalized spacial score (nSPS) is 22.6. The Morgan fingerprint density at radius 1 is 1.05 bits per heavy atom. The molecule has 2 rings (SSSR count). The highest BCUT2D eigenvalue weighted by molar-refractivity contribution is 5.36. The lowest BCUT2D eigenvalue weighted by atomic mass is 9.77. The van der Waals surface area contributed by atoms with Crippen molar-refractivity contribution >= 4 is 0 Å². The number of benzene rings is 1. The van der Waals surface area contributed by atoms with Gasteiger partial charge in [-0.15, -0.1) is 5.92 Å². The van der Waals surface area contributed by atoms with Gasteiger partial charge in [0.2, 0.25) is 0 Å². The van der Waals surface area contributed by atoms with Gasteiger partial charge in [-0.1, -0.05) is 44.2 Å². The van der Waals surface area contributed by atoms with Crippen LogP contribution in [-0.2, 0) is 0 Å². The van der Waals surface area contributed by atoms with Crippen molar-refractivity contribution in [3.63, 3.8) is 0 Å². The van der Waals surface area contributed by atoms with E-state index in [0.29, 0.717) is 0 Å². The first-order valence-corrected chi connectivity index (χ1v) is 7.86. The summed E-state index contributed by atoms with van der Waals surface area (Å²) in [5, 5.41) is 0. The predicted octanol–water partition coefficient (Wildman–Crippen LogP) is 5.52. The maximum absolute atomic E-state index is 3.12.